The fourth-order valence-corrected chi connectivity index (χ4v) is 2.94. The Labute approximate surface area is 131 Å². The van der Waals surface area contributed by atoms with Gasteiger partial charge < -0.3 is 10.0 Å². The van der Waals surface area contributed by atoms with E-state index in [-0.39, 0.29) is 23.4 Å². The normalized spacial score (nSPS) is 17.5. The lowest BCUT2D eigenvalue weighted by Gasteiger charge is -2.33. The van der Waals surface area contributed by atoms with Gasteiger partial charge in [0, 0.05) is 25.2 Å². The van der Waals surface area contributed by atoms with E-state index in [1.54, 1.807) is 10.9 Å². The predicted octanol–water partition coefficient (Wildman–Crippen LogP) is 2.57. The number of aromatic nitrogens is 2. The predicted molar refractivity (Wildman–Crippen MR) is 82.7 cm³/mol. The molecule has 1 saturated heterocycles. The molecule has 1 aromatic heterocycles. The second-order valence-electron chi connectivity index (χ2n) is 6.11. The molecular weight excluding hydrogens is 282 g/mol. The van der Waals surface area contributed by atoms with E-state index < -0.39 is 5.97 Å². The van der Waals surface area contributed by atoms with Crippen LogP contribution in [0.4, 0.5) is 0 Å². The molecule has 2 heterocycles. The number of likely N-dealkylation sites (tertiary alicyclic amines) is 1. The number of carboxylic acid groups (broad SMARTS) is 1. The number of carboxylic acids is 1. The molecule has 0 aliphatic carbocycles. The van der Waals surface area contributed by atoms with Crippen molar-refractivity contribution in [1.82, 2.24) is 14.7 Å². The van der Waals surface area contributed by atoms with Gasteiger partial charge in [0.15, 0.2) is 0 Å². The average Bonchev–Trinajstić information content (AvgIpc) is 3.02. The van der Waals surface area contributed by atoms with Crippen LogP contribution in [0.5, 0.6) is 0 Å². The quantitative estimate of drug-likeness (QED) is 0.876. The summed E-state index contributed by atoms with van der Waals surface area (Å²) in [4.78, 5) is 25.2. The molecule has 1 aliphatic rings. The van der Waals surface area contributed by atoms with Crippen LogP contribution in [0, 0.1) is 5.92 Å². The Morgan fingerprint density at radius 1 is 1.41 bits per heavy atom. The highest BCUT2D eigenvalue weighted by Gasteiger charge is 2.27. The fraction of sp³-hybridized carbons (Fsp3) is 0.688. The van der Waals surface area contributed by atoms with Gasteiger partial charge in [-0.05, 0) is 19.3 Å². The van der Waals surface area contributed by atoms with Gasteiger partial charge in [0.25, 0.3) is 0 Å². The lowest BCUT2D eigenvalue weighted by molar-refractivity contribution is -0.136. The van der Waals surface area contributed by atoms with Gasteiger partial charge in [-0.3, -0.25) is 9.48 Å². The first-order chi connectivity index (χ1) is 10.5. The summed E-state index contributed by atoms with van der Waals surface area (Å²) >= 11 is 0. The molecular formula is C16H25N3O3. The first kappa shape index (κ1) is 16.5. The van der Waals surface area contributed by atoms with Gasteiger partial charge in [0.05, 0.1) is 17.8 Å². The molecule has 0 aromatic carbocycles. The number of hydrogen-bond donors (Lipinski definition) is 1. The van der Waals surface area contributed by atoms with Crippen molar-refractivity contribution in [2.75, 3.05) is 13.1 Å². The fourth-order valence-electron chi connectivity index (χ4n) is 2.94. The standard InChI is InChI=1S/C16H25N3O3/c1-3-4-5-12(2)15(20)18-8-6-14(7-9-18)19-11-13(10-17-19)16(21)22/h10-12,14H,3-9H2,1-2H3,(H,21,22). The minimum absolute atomic E-state index is 0.0971. The van der Waals surface area contributed by atoms with Crippen LogP contribution in [0.2, 0.25) is 0 Å². The molecule has 1 fully saturated rings. The van der Waals surface area contributed by atoms with Gasteiger partial charge in [-0.1, -0.05) is 26.7 Å². The van der Waals surface area contributed by atoms with E-state index in [1.807, 2.05) is 11.8 Å². The van der Waals surface area contributed by atoms with Crippen LogP contribution in [0.3, 0.4) is 0 Å². The Kier molecular flexibility index (Phi) is 5.57. The molecule has 0 bridgehead atoms. The number of hydrogen-bond acceptors (Lipinski definition) is 3. The number of nitrogens with zero attached hydrogens (tertiary/aromatic N) is 3. The zero-order valence-electron chi connectivity index (χ0n) is 13.4. The van der Waals surface area contributed by atoms with Crippen molar-refractivity contribution in [1.29, 1.82) is 0 Å². The maximum Gasteiger partial charge on any atom is 0.338 e. The highest BCUT2D eigenvalue weighted by atomic mass is 16.4. The largest absolute Gasteiger partial charge is 0.478 e. The van der Waals surface area contributed by atoms with Crippen LogP contribution in [0.25, 0.3) is 0 Å². The lowest BCUT2D eigenvalue weighted by atomic mass is 9.99. The maximum atomic E-state index is 12.4. The zero-order chi connectivity index (χ0) is 16.1. The minimum atomic E-state index is -0.955. The molecule has 6 nitrogen and oxygen atoms in total. The van der Waals surface area contributed by atoms with Gasteiger partial charge in [-0.2, -0.15) is 5.10 Å². The number of rotatable bonds is 6. The van der Waals surface area contributed by atoms with Crippen molar-refractivity contribution in [2.45, 2.75) is 52.0 Å². The van der Waals surface area contributed by atoms with Crippen molar-refractivity contribution < 1.29 is 14.7 Å². The molecule has 0 radical (unpaired) electrons. The number of unbranched alkanes of at least 4 members (excludes halogenated alkanes) is 1. The van der Waals surface area contributed by atoms with E-state index in [9.17, 15) is 9.59 Å². The molecule has 2 rings (SSSR count). The van der Waals surface area contributed by atoms with Crippen LogP contribution in [0.15, 0.2) is 12.4 Å². The van der Waals surface area contributed by atoms with E-state index in [2.05, 4.69) is 12.0 Å². The number of piperidine rings is 1. The van der Waals surface area contributed by atoms with Crippen molar-refractivity contribution >= 4 is 11.9 Å². The van der Waals surface area contributed by atoms with E-state index in [1.165, 1.54) is 6.20 Å². The smallest absolute Gasteiger partial charge is 0.338 e. The summed E-state index contributed by atoms with van der Waals surface area (Å²) in [6.45, 7) is 5.60. The van der Waals surface area contributed by atoms with Crippen LogP contribution < -0.4 is 0 Å². The summed E-state index contributed by atoms with van der Waals surface area (Å²) in [6, 6.07) is 0.183. The molecule has 122 valence electrons. The summed E-state index contributed by atoms with van der Waals surface area (Å²) in [6.07, 6.45) is 7.77. The third-order valence-electron chi connectivity index (χ3n) is 4.41. The molecule has 1 N–H and O–H groups in total. The van der Waals surface area contributed by atoms with Crippen LogP contribution in [-0.2, 0) is 4.79 Å². The highest BCUT2D eigenvalue weighted by Crippen LogP contribution is 2.24. The highest BCUT2D eigenvalue weighted by molar-refractivity contribution is 5.86. The summed E-state index contributed by atoms with van der Waals surface area (Å²) in [5, 5.41) is 13.1. The van der Waals surface area contributed by atoms with Crippen molar-refractivity contribution in [3.05, 3.63) is 18.0 Å². The summed E-state index contributed by atoms with van der Waals surface area (Å²) in [5.74, 6) is -0.609. The van der Waals surface area contributed by atoms with E-state index in [0.29, 0.717) is 0 Å². The van der Waals surface area contributed by atoms with Gasteiger partial charge in [0.2, 0.25) is 5.91 Å². The molecule has 22 heavy (non-hydrogen) atoms. The van der Waals surface area contributed by atoms with Crippen molar-refractivity contribution in [3.8, 4) is 0 Å². The lowest BCUT2D eigenvalue weighted by Crippen LogP contribution is -2.41. The van der Waals surface area contributed by atoms with Crippen LogP contribution in [-0.4, -0.2) is 44.8 Å². The molecule has 0 saturated carbocycles. The average molecular weight is 307 g/mol. The number of carbonyl (C=O) groups excluding carboxylic acids is 1. The van der Waals surface area contributed by atoms with Gasteiger partial charge in [-0.25, -0.2) is 4.79 Å². The van der Waals surface area contributed by atoms with Crippen molar-refractivity contribution in [3.63, 3.8) is 0 Å². The third kappa shape index (κ3) is 3.87. The molecule has 1 aliphatic heterocycles. The van der Waals surface area contributed by atoms with Gasteiger partial charge in [-0.15, -0.1) is 0 Å². The van der Waals surface area contributed by atoms with Gasteiger partial charge >= 0.3 is 5.97 Å². The second kappa shape index (κ2) is 7.42. The zero-order valence-corrected chi connectivity index (χ0v) is 13.4. The molecule has 1 atom stereocenters. The monoisotopic (exact) mass is 307 g/mol. The molecule has 1 aromatic rings. The Balaban J connectivity index is 1.86. The Morgan fingerprint density at radius 3 is 2.64 bits per heavy atom. The topological polar surface area (TPSA) is 75.4 Å². The van der Waals surface area contributed by atoms with E-state index in [0.717, 1.165) is 45.2 Å². The number of aromatic carboxylic acids is 1. The summed E-state index contributed by atoms with van der Waals surface area (Å²) < 4.78 is 1.73. The van der Waals surface area contributed by atoms with E-state index in [4.69, 9.17) is 5.11 Å². The molecule has 1 amide bonds. The van der Waals surface area contributed by atoms with Gasteiger partial charge in [0.1, 0.15) is 0 Å². The van der Waals surface area contributed by atoms with Crippen molar-refractivity contribution in [2.24, 2.45) is 5.92 Å². The SMILES string of the molecule is CCCCC(C)C(=O)N1CCC(n2cc(C(=O)O)cn2)CC1. The molecule has 6 heteroatoms. The maximum absolute atomic E-state index is 12.4. The number of carbonyl (C=O) groups is 2. The number of amides is 1. The Hall–Kier alpha value is -1.85. The Bertz CT molecular complexity index is 518. The van der Waals surface area contributed by atoms with E-state index >= 15 is 0 Å². The molecule has 1 unspecified atom stereocenters. The summed E-state index contributed by atoms with van der Waals surface area (Å²) in [7, 11) is 0. The van der Waals surface area contributed by atoms with Crippen LogP contribution in [0.1, 0.15) is 62.4 Å². The Morgan fingerprint density at radius 2 is 2.09 bits per heavy atom. The summed E-state index contributed by atoms with van der Waals surface area (Å²) in [5.41, 5.74) is 0.215. The van der Waals surface area contributed by atoms with Crippen LogP contribution >= 0.6 is 0 Å². The molecule has 0 spiro atoms. The second-order valence-corrected chi connectivity index (χ2v) is 6.11. The minimum Gasteiger partial charge on any atom is -0.478 e. The first-order valence-corrected chi connectivity index (χ1v) is 8.09. The third-order valence-corrected chi connectivity index (χ3v) is 4.41. The first-order valence-electron chi connectivity index (χ1n) is 8.09.